The first-order valence-corrected chi connectivity index (χ1v) is 8.28. The molecule has 19 heavy (non-hydrogen) atoms. The van der Waals surface area contributed by atoms with E-state index >= 15 is 0 Å². The second-order valence-electron chi connectivity index (χ2n) is 5.63. The number of para-hydroxylation sites is 1. The van der Waals surface area contributed by atoms with E-state index in [-0.39, 0.29) is 0 Å². The van der Waals surface area contributed by atoms with E-state index in [1.165, 1.54) is 23.0 Å². The number of hydrogen-bond acceptors (Lipinski definition) is 1. The monoisotopic (exact) mass is 322 g/mol. The Morgan fingerprint density at radius 1 is 1.26 bits per heavy atom. The van der Waals surface area contributed by atoms with Crippen molar-refractivity contribution in [2.45, 2.75) is 40.2 Å². The fraction of sp³-hybridized carbons (Fsp3) is 0.562. The third kappa shape index (κ3) is 3.38. The molecule has 104 valence electrons. The van der Waals surface area contributed by atoms with Gasteiger partial charge in [0.2, 0.25) is 0 Å². The molecule has 0 aliphatic rings. The minimum Gasteiger partial charge on any atom is -0.265 e. The highest BCUT2D eigenvalue weighted by molar-refractivity contribution is 9.09. The molecule has 1 aromatic heterocycles. The number of aryl methyl sites for hydroxylation is 1. The molecule has 1 aromatic carbocycles. The smallest absolute Gasteiger partial charge is 0.0706 e. The van der Waals surface area contributed by atoms with Crippen LogP contribution in [0.15, 0.2) is 24.3 Å². The molecule has 1 heterocycles. The Balaban J connectivity index is 2.29. The van der Waals surface area contributed by atoms with Gasteiger partial charge in [-0.15, -0.1) is 0 Å². The van der Waals surface area contributed by atoms with Gasteiger partial charge < -0.3 is 0 Å². The lowest BCUT2D eigenvalue weighted by Gasteiger charge is -2.15. The number of hydrogen-bond donors (Lipinski definition) is 0. The second-order valence-corrected chi connectivity index (χ2v) is 6.28. The number of nitrogens with zero attached hydrogens (tertiary/aromatic N) is 2. The van der Waals surface area contributed by atoms with Crippen molar-refractivity contribution in [2.75, 3.05) is 5.33 Å². The highest BCUT2D eigenvalue weighted by Gasteiger charge is 2.15. The summed E-state index contributed by atoms with van der Waals surface area (Å²) in [5, 5.41) is 7.17. The molecule has 3 heteroatoms. The number of alkyl halides is 1. The van der Waals surface area contributed by atoms with Gasteiger partial charge in [-0.1, -0.05) is 48.0 Å². The Hall–Kier alpha value is -0.830. The van der Waals surface area contributed by atoms with Crippen LogP contribution in [0.1, 0.15) is 32.9 Å². The number of benzene rings is 1. The van der Waals surface area contributed by atoms with Crippen molar-refractivity contribution in [3.05, 3.63) is 30.0 Å². The van der Waals surface area contributed by atoms with Crippen LogP contribution in [0.3, 0.4) is 0 Å². The fourth-order valence-corrected chi connectivity index (χ4v) is 3.22. The van der Waals surface area contributed by atoms with Crippen LogP contribution in [0, 0.1) is 11.8 Å². The Labute approximate surface area is 124 Å². The Morgan fingerprint density at radius 2 is 2.00 bits per heavy atom. The SMILES string of the molecule is CCn1nc(CC(CBr)CC(C)C)c2ccccc21. The van der Waals surface area contributed by atoms with Gasteiger partial charge in [0, 0.05) is 17.3 Å². The molecule has 2 nitrogen and oxygen atoms in total. The van der Waals surface area contributed by atoms with Crippen LogP contribution >= 0.6 is 15.9 Å². The molecule has 0 saturated carbocycles. The lowest BCUT2D eigenvalue weighted by Crippen LogP contribution is -2.10. The molecule has 0 aliphatic heterocycles. The average Bonchev–Trinajstić information content (AvgIpc) is 2.76. The van der Waals surface area contributed by atoms with Gasteiger partial charge in [-0.05, 0) is 37.7 Å². The Morgan fingerprint density at radius 3 is 2.63 bits per heavy atom. The largest absolute Gasteiger partial charge is 0.265 e. The molecule has 0 spiro atoms. The van der Waals surface area contributed by atoms with Crippen molar-refractivity contribution < 1.29 is 0 Å². The number of fused-ring (bicyclic) bond motifs is 1. The van der Waals surface area contributed by atoms with Crippen molar-refractivity contribution in [1.29, 1.82) is 0 Å². The number of rotatable bonds is 6. The molecule has 1 atom stereocenters. The van der Waals surface area contributed by atoms with Gasteiger partial charge in [0.1, 0.15) is 0 Å². The molecular weight excluding hydrogens is 300 g/mol. The zero-order chi connectivity index (χ0) is 13.8. The molecule has 0 saturated heterocycles. The summed E-state index contributed by atoms with van der Waals surface area (Å²) in [6.45, 7) is 7.67. The Kier molecular flexibility index (Phi) is 5.03. The van der Waals surface area contributed by atoms with Gasteiger partial charge in [0.15, 0.2) is 0 Å². The van der Waals surface area contributed by atoms with E-state index in [2.05, 4.69) is 65.6 Å². The molecule has 0 aliphatic carbocycles. The minimum absolute atomic E-state index is 0.670. The minimum atomic E-state index is 0.670. The first-order chi connectivity index (χ1) is 9.15. The zero-order valence-electron chi connectivity index (χ0n) is 12.1. The standard InChI is InChI=1S/C16H23BrN2/c1-4-19-16-8-6-5-7-14(16)15(18-19)10-13(11-17)9-12(2)3/h5-8,12-13H,4,9-11H2,1-3H3. The van der Waals surface area contributed by atoms with Crippen molar-refractivity contribution in [3.63, 3.8) is 0 Å². The molecule has 0 bridgehead atoms. The maximum absolute atomic E-state index is 4.80. The van der Waals surface area contributed by atoms with Crippen LogP contribution in [-0.4, -0.2) is 15.1 Å². The van der Waals surface area contributed by atoms with Crippen LogP contribution < -0.4 is 0 Å². The van der Waals surface area contributed by atoms with Gasteiger partial charge in [-0.3, -0.25) is 4.68 Å². The van der Waals surface area contributed by atoms with E-state index in [9.17, 15) is 0 Å². The lowest BCUT2D eigenvalue weighted by molar-refractivity contribution is 0.440. The summed E-state index contributed by atoms with van der Waals surface area (Å²) in [6, 6.07) is 8.57. The highest BCUT2D eigenvalue weighted by atomic mass is 79.9. The topological polar surface area (TPSA) is 17.8 Å². The summed E-state index contributed by atoms with van der Waals surface area (Å²) in [7, 11) is 0. The first kappa shape index (κ1) is 14.6. The van der Waals surface area contributed by atoms with Crippen molar-refractivity contribution >= 4 is 26.8 Å². The first-order valence-electron chi connectivity index (χ1n) is 7.16. The summed E-state index contributed by atoms with van der Waals surface area (Å²) in [4.78, 5) is 0. The molecule has 0 radical (unpaired) electrons. The van der Waals surface area contributed by atoms with E-state index in [0.29, 0.717) is 5.92 Å². The summed E-state index contributed by atoms with van der Waals surface area (Å²) in [5.74, 6) is 1.41. The van der Waals surface area contributed by atoms with Crippen molar-refractivity contribution in [2.24, 2.45) is 11.8 Å². The van der Waals surface area contributed by atoms with Gasteiger partial charge in [-0.25, -0.2) is 0 Å². The predicted octanol–water partition coefficient (Wildman–Crippen LogP) is 4.66. The summed E-state index contributed by atoms with van der Waals surface area (Å²) in [6.07, 6.45) is 2.31. The van der Waals surface area contributed by atoms with E-state index in [4.69, 9.17) is 5.10 Å². The van der Waals surface area contributed by atoms with Gasteiger partial charge >= 0.3 is 0 Å². The molecule has 0 N–H and O–H groups in total. The zero-order valence-corrected chi connectivity index (χ0v) is 13.7. The molecule has 1 unspecified atom stereocenters. The van der Waals surface area contributed by atoms with E-state index in [1.807, 2.05) is 0 Å². The summed E-state index contributed by atoms with van der Waals surface area (Å²) >= 11 is 3.66. The average molecular weight is 323 g/mol. The highest BCUT2D eigenvalue weighted by Crippen LogP contribution is 2.24. The fourth-order valence-electron chi connectivity index (χ4n) is 2.73. The molecule has 0 amide bonds. The number of halogens is 1. The molecule has 0 fully saturated rings. The predicted molar refractivity (Wildman–Crippen MR) is 85.9 cm³/mol. The van der Waals surface area contributed by atoms with Crippen LogP contribution in [-0.2, 0) is 13.0 Å². The summed E-state index contributed by atoms with van der Waals surface area (Å²) < 4.78 is 2.12. The quantitative estimate of drug-likeness (QED) is 0.707. The summed E-state index contributed by atoms with van der Waals surface area (Å²) in [5.41, 5.74) is 2.51. The third-order valence-corrected chi connectivity index (χ3v) is 4.45. The van der Waals surface area contributed by atoms with Gasteiger partial charge in [0.05, 0.1) is 11.2 Å². The normalized spacial score (nSPS) is 13.3. The van der Waals surface area contributed by atoms with E-state index in [1.54, 1.807) is 0 Å². The van der Waals surface area contributed by atoms with Gasteiger partial charge in [0.25, 0.3) is 0 Å². The van der Waals surface area contributed by atoms with Crippen LogP contribution in [0.5, 0.6) is 0 Å². The molecular formula is C16H23BrN2. The van der Waals surface area contributed by atoms with Crippen LogP contribution in [0.25, 0.3) is 10.9 Å². The maximum Gasteiger partial charge on any atom is 0.0706 e. The van der Waals surface area contributed by atoms with Gasteiger partial charge in [-0.2, -0.15) is 5.10 Å². The lowest BCUT2D eigenvalue weighted by atomic mass is 9.94. The maximum atomic E-state index is 4.80. The van der Waals surface area contributed by atoms with Crippen LogP contribution in [0.4, 0.5) is 0 Å². The van der Waals surface area contributed by atoms with E-state index in [0.717, 1.165) is 24.2 Å². The molecule has 2 aromatic rings. The van der Waals surface area contributed by atoms with Crippen molar-refractivity contribution in [3.8, 4) is 0 Å². The van der Waals surface area contributed by atoms with Crippen molar-refractivity contribution in [1.82, 2.24) is 9.78 Å². The number of aromatic nitrogens is 2. The third-order valence-electron chi connectivity index (χ3n) is 3.54. The second kappa shape index (κ2) is 6.56. The Bertz CT molecular complexity index is 531. The van der Waals surface area contributed by atoms with Crippen LogP contribution in [0.2, 0.25) is 0 Å². The molecule has 2 rings (SSSR count). The van der Waals surface area contributed by atoms with E-state index < -0.39 is 0 Å².